The van der Waals surface area contributed by atoms with Gasteiger partial charge in [0.2, 0.25) is 5.28 Å². The van der Waals surface area contributed by atoms with Gasteiger partial charge in [-0.3, -0.25) is 0 Å². The van der Waals surface area contributed by atoms with Crippen molar-refractivity contribution in [3.8, 4) is 0 Å². The van der Waals surface area contributed by atoms with E-state index in [0.717, 1.165) is 55.4 Å². The number of amides is 1. The molecule has 0 radical (unpaired) electrons. The van der Waals surface area contributed by atoms with Crippen LogP contribution >= 0.6 is 11.6 Å². The predicted molar refractivity (Wildman–Crippen MR) is 119 cm³/mol. The predicted octanol–water partition coefficient (Wildman–Crippen LogP) is 4.96. The maximum Gasteiger partial charge on any atom is 0.410 e. The SMILES string of the molecule is Cc1cn(C2CCC(C3CCN(C(=O)OC(C)(C)C)CC3)C2)c2nc(Cl)nc(N)c12. The quantitative estimate of drug-likeness (QED) is 0.676. The number of nitrogen functional groups attached to an aromatic ring is 1. The van der Waals surface area contributed by atoms with Crippen LogP contribution in [0.25, 0.3) is 11.0 Å². The molecule has 0 aromatic carbocycles. The first-order valence-electron chi connectivity index (χ1n) is 10.9. The Labute approximate surface area is 182 Å². The molecule has 2 atom stereocenters. The first-order chi connectivity index (χ1) is 14.1. The highest BCUT2D eigenvalue weighted by molar-refractivity contribution is 6.28. The molecular formula is C22H32ClN5O2. The molecule has 0 bridgehead atoms. The summed E-state index contributed by atoms with van der Waals surface area (Å²) in [4.78, 5) is 22.8. The van der Waals surface area contributed by atoms with Gasteiger partial charge >= 0.3 is 6.09 Å². The van der Waals surface area contributed by atoms with E-state index in [1.807, 2.05) is 32.6 Å². The molecule has 2 aromatic heterocycles. The number of nitrogens with zero attached hydrogens (tertiary/aromatic N) is 4. The van der Waals surface area contributed by atoms with Gasteiger partial charge in [0, 0.05) is 25.3 Å². The van der Waals surface area contributed by atoms with Crippen molar-refractivity contribution in [1.29, 1.82) is 0 Å². The van der Waals surface area contributed by atoms with Gasteiger partial charge in [0.25, 0.3) is 0 Å². The number of fused-ring (bicyclic) bond motifs is 1. The smallest absolute Gasteiger partial charge is 0.410 e. The summed E-state index contributed by atoms with van der Waals surface area (Å²) in [6.45, 7) is 9.35. The number of anilines is 1. The Morgan fingerprint density at radius 3 is 2.53 bits per heavy atom. The van der Waals surface area contributed by atoms with Crippen molar-refractivity contribution in [2.24, 2.45) is 11.8 Å². The highest BCUT2D eigenvalue weighted by Gasteiger charge is 2.36. The summed E-state index contributed by atoms with van der Waals surface area (Å²) >= 11 is 6.08. The Bertz CT molecular complexity index is 943. The average molecular weight is 434 g/mol. The minimum absolute atomic E-state index is 0.186. The van der Waals surface area contributed by atoms with E-state index < -0.39 is 5.60 Å². The van der Waals surface area contributed by atoms with Gasteiger partial charge < -0.3 is 19.9 Å². The zero-order valence-corrected chi connectivity index (χ0v) is 19.1. The van der Waals surface area contributed by atoms with Gasteiger partial charge in [-0.1, -0.05) is 0 Å². The highest BCUT2D eigenvalue weighted by Crippen LogP contribution is 2.44. The monoisotopic (exact) mass is 433 g/mol. The number of aryl methyl sites for hydroxylation is 1. The van der Waals surface area contributed by atoms with Gasteiger partial charge in [0.15, 0.2) is 0 Å². The van der Waals surface area contributed by atoms with Gasteiger partial charge in [-0.25, -0.2) is 9.78 Å². The molecule has 30 heavy (non-hydrogen) atoms. The molecule has 2 aromatic rings. The van der Waals surface area contributed by atoms with Crippen LogP contribution in [0, 0.1) is 18.8 Å². The van der Waals surface area contributed by atoms with Gasteiger partial charge in [-0.2, -0.15) is 4.98 Å². The Morgan fingerprint density at radius 2 is 1.87 bits per heavy atom. The number of halogens is 1. The zero-order chi connectivity index (χ0) is 21.6. The van der Waals surface area contributed by atoms with Crippen molar-refractivity contribution in [3.63, 3.8) is 0 Å². The van der Waals surface area contributed by atoms with Crippen LogP contribution < -0.4 is 5.73 Å². The van der Waals surface area contributed by atoms with Gasteiger partial charge in [-0.15, -0.1) is 0 Å². The Balaban J connectivity index is 1.40. The largest absolute Gasteiger partial charge is 0.444 e. The molecule has 8 heteroatoms. The van der Waals surface area contributed by atoms with Crippen molar-refractivity contribution in [1.82, 2.24) is 19.4 Å². The van der Waals surface area contributed by atoms with E-state index in [4.69, 9.17) is 22.1 Å². The first-order valence-corrected chi connectivity index (χ1v) is 11.3. The fraction of sp³-hybridized carbons (Fsp3) is 0.682. The Hall–Kier alpha value is -2.02. The van der Waals surface area contributed by atoms with Crippen LogP contribution in [-0.2, 0) is 4.74 Å². The summed E-state index contributed by atoms with van der Waals surface area (Å²) in [5.74, 6) is 1.77. The van der Waals surface area contributed by atoms with Crippen molar-refractivity contribution >= 4 is 34.5 Å². The molecule has 1 amide bonds. The Morgan fingerprint density at radius 1 is 1.17 bits per heavy atom. The van der Waals surface area contributed by atoms with E-state index in [1.165, 1.54) is 6.42 Å². The molecule has 2 N–H and O–H groups in total. The third-order valence-corrected chi connectivity index (χ3v) is 6.73. The number of hydrogen-bond donors (Lipinski definition) is 1. The topological polar surface area (TPSA) is 86.3 Å². The van der Waals surface area contributed by atoms with Crippen molar-refractivity contribution in [2.75, 3.05) is 18.8 Å². The van der Waals surface area contributed by atoms with E-state index in [1.54, 1.807) is 0 Å². The number of nitrogens with two attached hydrogens (primary N) is 1. The number of likely N-dealkylation sites (tertiary alicyclic amines) is 1. The lowest BCUT2D eigenvalue weighted by Gasteiger charge is -2.35. The molecule has 4 rings (SSSR count). The molecule has 2 fully saturated rings. The average Bonchev–Trinajstić information content (AvgIpc) is 3.25. The van der Waals surface area contributed by atoms with Crippen LogP contribution in [0.15, 0.2) is 6.20 Å². The number of rotatable bonds is 2. The molecule has 1 saturated carbocycles. The number of ether oxygens (including phenoxy) is 1. The Kier molecular flexibility index (Phi) is 5.60. The fourth-order valence-electron chi connectivity index (χ4n) is 5.17. The van der Waals surface area contributed by atoms with Gasteiger partial charge in [0.1, 0.15) is 17.1 Å². The number of piperidine rings is 1. The van der Waals surface area contributed by atoms with Gasteiger partial charge in [-0.05, 0) is 88.8 Å². The van der Waals surface area contributed by atoms with Crippen LogP contribution in [0.4, 0.5) is 10.6 Å². The van der Waals surface area contributed by atoms with Crippen LogP contribution in [0.5, 0.6) is 0 Å². The molecular weight excluding hydrogens is 402 g/mol. The third-order valence-electron chi connectivity index (χ3n) is 6.56. The minimum atomic E-state index is -0.444. The standard InChI is InChI=1S/C22H32ClN5O2/c1-13-12-28(19-17(13)18(24)25-20(23)26-19)16-6-5-15(11-16)14-7-9-27(10-8-14)21(29)30-22(2,3)4/h12,14-16H,5-11H2,1-4H3,(H2,24,25,26). The molecule has 1 aliphatic carbocycles. The number of hydrogen-bond acceptors (Lipinski definition) is 5. The van der Waals surface area contributed by atoms with Crippen LogP contribution in [-0.4, -0.2) is 44.2 Å². The molecule has 2 aliphatic rings. The minimum Gasteiger partial charge on any atom is -0.444 e. The molecule has 0 spiro atoms. The first kappa shape index (κ1) is 21.2. The van der Waals surface area contributed by atoms with E-state index in [0.29, 0.717) is 23.7 Å². The number of carbonyl (C=O) groups is 1. The van der Waals surface area contributed by atoms with E-state index in [-0.39, 0.29) is 11.4 Å². The lowest BCUT2D eigenvalue weighted by molar-refractivity contribution is 0.0159. The number of carbonyl (C=O) groups excluding carboxylic acids is 1. The van der Waals surface area contributed by atoms with E-state index in [9.17, 15) is 4.79 Å². The summed E-state index contributed by atoms with van der Waals surface area (Å²) in [5, 5.41) is 1.11. The molecule has 3 heterocycles. The molecule has 1 aliphatic heterocycles. The summed E-state index contributed by atoms with van der Waals surface area (Å²) in [5.41, 5.74) is 7.59. The van der Waals surface area contributed by atoms with E-state index in [2.05, 4.69) is 20.7 Å². The van der Waals surface area contributed by atoms with Crippen LogP contribution in [0.3, 0.4) is 0 Å². The summed E-state index contributed by atoms with van der Waals surface area (Å²) in [6, 6.07) is 0.403. The summed E-state index contributed by atoms with van der Waals surface area (Å²) < 4.78 is 7.78. The third kappa shape index (κ3) is 4.22. The van der Waals surface area contributed by atoms with Gasteiger partial charge in [0.05, 0.1) is 5.39 Å². The van der Waals surface area contributed by atoms with Crippen LogP contribution in [0.1, 0.15) is 64.5 Å². The second kappa shape index (κ2) is 7.91. The highest BCUT2D eigenvalue weighted by atomic mass is 35.5. The molecule has 7 nitrogen and oxygen atoms in total. The number of aromatic nitrogens is 3. The molecule has 2 unspecified atom stereocenters. The normalized spacial score (nSPS) is 23.3. The molecule has 164 valence electrons. The summed E-state index contributed by atoms with van der Waals surface area (Å²) in [7, 11) is 0. The second-order valence-corrected chi connectivity index (χ2v) is 10.2. The lowest BCUT2D eigenvalue weighted by atomic mass is 9.83. The lowest BCUT2D eigenvalue weighted by Crippen LogP contribution is -2.42. The zero-order valence-electron chi connectivity index (χ0n) is 18.3. The summed E-state index contributed by atoms with van der Waals surface area (Å²) in [6.07, 6.45) is 7.50. The van der Waals surface area contributed by atoms with Crippen molar-refractivity contribution in [3.05, 3.63) is 17.0 Å². The fourth-order valence-corrected chi connectivity index (χ4v) is 5.34. The van der Waals surface area contributed by atoms with E-state index >= 15 is 0 Å². The molecule has 1 saturated heterocycles. The maximum atomic E-state index is 12.3. The van der Waals surface area contributed by atoms with Crippen molar-refractivity contribution < 1.29 is 9.53 Å². The second-order valence-electron chi connectivity index (χ2n) is 9.83. The van der Waals surface area contributed by atoms with Crippen molar-refractivity contribution in [2.45, 2.75) is 71.4 Å². The van der Waals surface area contributed by atoms with Crippen LogP contribution in [0.2, 0.25) is 5.28 Å². The maximum absolute atomic E-state index is 12.3.